The van der Waals surface area contributed by atoms with E-state index in [1.165, 1.54) is 6.07 Å². The molecule has 0 radical (unpaired) electrons. The molecule has 0 amide bonds. The zero-order valence-electron chi connectivity index (χ0n) is 11.1. The standard InChI is InChI=1S/C15H22BrFO/c1-3-5-7-11(4-2)14(18)10-12-8-6-9-13(17)15(12)16/h6,8-9,11,14,18H,3-5,7,10H2,1-2H3. The number of aliphatic hydroxyl groups excluding tert-OH is 1. The third-order valence-corrected chi connectivity index (χ3v) is 4.35. The molecule has 18 heavy (non-hydrogen) atoms. The quantitative estimate of drug-likeness (QED) is 0.772. The van der Waals surface area contributed by atoms with Crippen LogP contribution in [0.3, 0.4) is 0 Å². The Hall–Kier alpha value is -0.410. The van der Waals surface area contributed by atoms with Gasteiger partial charge in [-0.25, -0.2) is 4.39 Å². The minimum absolute atomic E-state index is 0.263. The zero-order valence-corrected chi connectivity index (χ0v) is 12.7. The van der Waals surface area contributed by atoms with Crippen LogP contribution in [0.1, 0.15) is 45.1 Å². The summed E-state index contributed by atoms with van der Waals surface area (Å²) in [5.41, 5.74) is 0.845. The molecule has 102 valence electrons. The molecule has 1 rings (SSSR count). The monoisotopic (exact) mass is 316 g/mol. The smallest absolute Gasteiger partial charge is 0.137 e. The largest absolute Gasteiger partial charge is 0.392 e. The topological polar surface area (TPSA) is 20.2 Å². The fraction of sp³-hybridized carbons (Fsp3) is 0.600. The number of unbranched alkanes of at least 4 members (excludes halogenated alkanes) is 1. The van der Waals surface area contributed by atoms with Gasteiger partial charge in [-0.15, -0.1) is 0 Å². The fourth-order valence-corrected chi connectivity index (χ4v) is 2.66. The molecular weight excluding hydrogens is 295 g/mol. The van der Waals surface area contributed by atoms with Gasteiger partial charge in [0.25, 0.3) is 0 Å². The number of aliphatic hydroxyl groups is 1. The highest BCUT2D eigenvalue weighted by Gasteiger charge is 2.19. The van der Waals surface area contributed by atoms with Gasteiger partial charge in [-0.05, 0) is 46.3 Å². The lowest BCUT2D eigenvalue weighted by Crippen LogP contribution is -2.22. The van der Waals surface area contributed by atoms with Crippen molar-refractivity contribution in [1.29, 1.82) is 0 Å². The van der Waals surface area contributed by atoms with E-state index in [0.29, 0.717) is 16.8 Å². The maximum atomic E-state index is 13.4. The van der Waals surface area contributed by atoms with Crippen molar-refractivity contribution >= 4 is 15.9 Å². The molecule has 0 heterocycles. The van der Waals surface area contributed by atoms with Gasteiger partial charge in [0.15, 0.2) is 0 Å². The molecule has 0 aliphatic heterocycles. The Bertz CT molecular complexity index is 368. The van der Waals surface area contributed by atoms with Gasteiger partial charge in [0.05, 0.1) is 10.6 Å². The van der Waals surface area contributed by atoms with Crippen LogP contribution < -0.4 is 0 Å². The molecule has 0 aliphatic carbocycles. The number of benzene rings is 1. The second-order valence-corrected chi connectivity index (χ2v) is 5.59. The highest BCUT2D eigenvalue weighted by atomic mass is 79.9. The average Bonchev–Trinajstić information content (AvgIpc) is 2.36. The molecule has 1 nitrogen and oxygen atoms in total. The summed E-state index contributed by atoms with van der Waals surface area (Å²) in [6.45, 7) is 4.26. The van der Waals surface area contributed by atoms with E-state index in [4.69, 9.17) is 0 Å². The van der Waals surface area contributed by atoms with Crippen LogP contribution in [0.5, 0.6) is 0 Å². The minimum atomic E-state index is -0.389. The van der Waals surface area contributed by atoms with E-state index in [9.17, 15) is 9.50 Å². The molecule has 0 aliphatic rings. The molecule has 2 unspecified atom stereocenters. The first-order chi connectivity index (χ1) is 8.60. The van der Waals surface area contributed by atoms with Crippen molar-refractivity contribution in [3.8, 4) is 0 Å². The van der Waals surface area contributed by atoms with Gasteiger partial charge < -0.3 is 5.11 Å². The maximum absolute atomic E-state index is 13.4. The Labute approximate surface area is 118 Å². The Morgan fingerprint density at radius 3 is 2.67 bits per heavy atom. The number of hydrogen-bond donors (Lipinski definition) is 1. The van der Waals surface area contributed by atoms with Crippen LogP contribution in [0.25, 0.3) is 0 Å². The van der Waals surface area contributed by atoms with Crippen molar-refractivity contribution in [2.24, 2.45) is 5.92 Å². The summed E-state index contributed by atoms with van der Waals surface area (Å²) in [4.78, 5) is 0. The lowest BCUT2D eigenvalue weighted by Gasteiger charge is -2.22. The van der Waals surface area contributed by atoms with E-state index in [2.05, 4.69) is 29.8 Å². The van der Waals surface area contributed by atoms with Crippen LogP contribution in [0.4, 0.5) is 4.39 Å². The van der Waals surface area contributed by atoms with Crippen LogP contribution in [0, 0.1) is 11.7 Å². The van der Waals surface area contributed by atoms with Crippen molar-refractivity contribution < 1.29 is 9.50 Å². The molecular formula is C15H22BrFO. The SMILES string of the molecule is CCCCC(CC)C(O)Cc1cccc(F)c1Br. The van der Waals surface area contributed by atoms with Crippen LogP contribution in [0.2, 0.25) is 0 Å². The van der Waals surface area contributed by atoms with Crippen molar-refractivity contribution in [1.82, 2.24) is 0 Å². The molecule has 3 heteroatoms. The lowest BCUT2D eigenvalue weighted by molar-refractivity contribution is 0.0985. The number of halogens is 2. The second-order valence-electron chi connectivity index (χ2n) is 4.79. The first-order valence-electron chi connectivity index (χ1n) is 6.71. The lowest BCUT2D eigenvalue weighted by atomic mass is 9.89. The van der Waals surface area contributed by atoms with Crippen molar-refractivity contribution in [3.05, 3.63) is 34.1 Å². The zero-order chi connectivity index (χ0) is 13.5. The summed E-state index contributed by atoms with van der Waals surface area (Å²) in [5, 5.41) is 10.3. The molecule has 0 bridgehead atoms. The van der Waals surface area contributed by atoms with Crippen LogP contribution in [-0.2, 0) is 6.42 Å². The average molecular weight is 317 g/mol. The summed E-state index contributed by atoms with van der Waals surface area (Å²) in [7, 11) is 0. The van der Waals surface area contributed by atoms with Crippen molar-refractivity contribution in [3.63, 3.8) is 0 Å². The highest BCUT2D eigenvalue weighted by molar-refractivity contribution is 9.10. The summed E-state index contributed by atoms with van der Waals surface area (Å²) in [6.07, 6.45) is 4.42. The fourth-order valence-electron chi connectivity index (χ4n) is 2.23. The Kier molecular flexibility index (Phi) is 6.87. The van der Waals surface area contributed by atoms with Crippen molar-refractivity contribution in [2.45, 2.75) is 52.1 Å². The van der Waals surface area contributed by atoms with Crippen LogP contribution in [0.15, 0.2) is 22.7 Å². The van der Waals surface area contributed by atoms with E-state index in [-0.39, 0.29) is 11.9 Å². The van der Waals surface area contributed by atoms with Gasteiger partial charge in [0.1, 0.15) is 5.82 Å². The van der Waals surface area contributed by atoms with Gasteiger partial charge in [-0.1, -0.05) is 45.2 Å². The van der Waals surface area contributed by atoms with Crippen LogP contribution in [-0.4, -0.2) is 11.2 Å². The summed E-state index contributed by atoms with van der Waals surface area (Å²) in [5.74, 6) is 0.0430. The highest BCUT2D eigenvalue weighted by Crippen LogP contribution is 2.25. The van der Waals surface area contributed by atoms with Gasteiger partial charge in [0.2, 0.25) is 0 Å². The van der Waals surface area contributed by atoms with Gasteiger partial charge in [-0.2, -0.15) is 0 Å². The summed E-state index contributed by atoms with van der Waals surface area (Å²) in [6, 6.07) is 4.98. The van der Waals surface area contributed by atoms with E-state index in [0.717, 1.165) is 31.2 Å². The molecule has 0 fully saturated rings. The number of rotatable bonds is 7. The third-order valence-electron chi connectivity index (χ3n) is 3.46. The molecule has 0 saturated heterocycles. The first-order valence-corrected chi connectivity index (χ1v) is 7.50. The molecule has 1 aromatic carbocycles. The Morgan fingerprint density at radius 2 is 2.06 bits per heavy atom. The predicted molar refractivity (Wildman–Crippen MR) is 77.1 cm³/mol. The van der Waals surface area contributed by atoms with Gasteiger partial charge >= 0.3 is 0 Å². The third kappa shape index (κ3) is 4.36. The molecule has 2 atom stereocenters. The van der Waals surface area contributed by atoms with Crippen LogP contribution >= 0.6 is 15.9 Å². The Balaban J connectivity index is 2.67. The molecule has 0 spiro atoms. The molecule has 0 aromatic heterocycles. The Morgan fingerprint density at radius 1 is 1.33 bits per heavy atom. The molecule has 1 N–H and O–H groups in total. The minimum Gasteiger partial charge on any atom is -0.392 e. The predicted octanol–water partition coefficient (Wildman–Crippen LogP) is 4.71. The van der Waals surface area contributed by atoms with E-state index in [1.54, 1.807) is 6.07 Å². The van der Waals surface area contributed by atoms with E-state index < -0.39 is 0 Å². The van der Waals surface area contributed by atoms with E-state index >= 15 is 0 Å². The normalized spacial score (nSPS) is 14.5. The van der Waals surface area contributed by atoms with Gasteiger partial charge in [-0.3, -0.25) is 0 Å². The van der Waals surface area contributed by atoms with Crippen molar-refractivity contribution in [2.75, 3.05) is 0 Å². The summed E-state index contributed by atoms with van der Waals surface area (Å²) >= 11 is 3.25. The number of hydrogen-bond acceptors (Lipinski definition) is 1. The molecule has 1 aromatic rings. The first kappa shape index (κ1) is 15.6. The van der Waals surface area contributed by atoms with Gasteiger partial charge in [0, 0.05) is 0 Å². The molecule has 0 saturated carbocycles. The van der Waals surface area contributed by atoms with E-state index in [1.807, 2.05) is 6.07 Å². The summed E-state index contributed by atoms with van der Waals surface area (Å²) < 4.78 is 13.9. The maximum Gasteiger partial charge on any atom is 0.137 e. The second kappa shape index (κ2) is 7.90.